The van der Waals surface area contributed by atoms with Crippen molar-refractivity contribution in [2.75, 3.05) is 13.7 Å². The second-order valence-electron chi connectivity index (χ2n) is 5.47. The zero-order valence-electron chi connectivity index (χ0n) is 14.2. The number of rotatable bonds is 7. The topological polar surface area (TPSA) is 84.5 Å². The largest absolute Gasteiger partial charge is 0.484 e. The Labute approximate surface area is 154 Å². The number of ether oxygens (including phenoxy) is 1. The molecule has 2 N–H and O–H groups in total. The molecule has 0 heterocycles. The molecule has 1 amide bonds. The molecule has 0 atom stereocenters. The molecule has 0 aliphatic carbocycles. The summed E-state index contributed by atoms with van der Waals surface area (Å²) in [7, 11) is -2.31. The Hall–Kier alpha value is -2.59. The number of alkyl halides is 3. The number of carbonyl (C=O) groups excluding carboxylic acids is 1. The quantitative estimate of drug-likeness (QED) is 0.745. The van der Waals surface area contributed by atoms with Crippen molar-refractivity contribution in [1.82, 2.24) is 10.0 Å². The van der Waals surface area contributed by atoms with Crippen molar-refractivity contribution in [3.05, 3.63) is 59.7 Å². The minimum Gasteiger partial charge on any atom is -0.484 e. The van der Waals surface area contributed by atoms with Gasteiger partial charge in [0.2, 0.25) is 10.0 Å². The van der Waals surface area contributed by atoms with Gasteiger partial charge in [0.25, 0.3) is 5.91 Å². The number of benzene rings is 2. The Morgan fingerprint density at radius 3 is 2.37 bits per heavy atom. The van der Waals surface area contributed by atoms with Gasteiger partial charge >= 0.3 is 6.18 Å². The third-order valence-electron chi connectivity index (χ3n) is 3.45. The summed E-state index contributed by atoms with van der Waals surface area (Å²) in [4.78, 5) is 12.2. The van der Waals surface area contributed by atoms with Gasteiger partial charge in [-0.05, 0) is 49.0 Å². The first kappa shape index (κ1) is 20.7. The van der Waals surface area contributed by atoms with Crippen LogP contribution in [-0.4, -0.2) is 34.2 Å². The predicted octanol–water partition coefficient (Wildman–Crippen LogP) is 2.47. The standard InChI is InChI=1S/C17H17F3N2O4S/c1-21-27(24,25)15-7-5-13(6-8-15)16(23)22-10-12-3-2-4-14(9-12)26-11-17(18,19)20/h2-9,21H,10-11H2,1H3,(H,22,23). The maximum Gasteiger partial charge on any atom is 0.422 e. The van der Waals surface area contributed by atoms with Crippen LogP contribution in [0.1, 0.15) is 15.9 Å². The molecule has 0 aliphatic rings. The van der Waals surface area contributed by atoms with Crippen molar-refractivity contribution in [2.24, 2.45) is 0 Å². The third-order valence-corrected chi connectivity index (χ3v) is 4.88. The molecule has 0 fully saturated rings. The van der Waals surface area contributed by atoms with Crippen LogP contribution >= 0.6 is 0 Å². The molecule has 146 valence electrons. The summed E-state index contributed by atoms with van der Waals surface area (Å²) in [6.07, 6.45) is -4.43. The average Bonchev–Trinajstić information content (AvgIpc) is 2.64. The number of hydrogen-bond acceptors (Lipinski definition) is 4. The molecule has 2 aromatic rings. The van der Waals surface area contributed by atoms with Gasteiger partial charge < -0.3 is 10.1 Å². The molecule has 0 bridgehead atoms. The highest BCUT2D eigenvalue weighted by Crippen LogP contribution is 2.19. The van der Waals surface area contributed by atoms with E-state index in [1.54, 1.807) is 6.07 Å². The van der Waals surface area contributed by atoms with Crippen LogP contribution in [0.25, 0.3) is 0 Å². The lowest BCUT2D eigenvalue weighted by atomic mass is 10.2. The first-order chi connectivity index (χ1) is 12.6. The summed E-state index contributed by atoms with van der Waals surface area (Å²) in [6.45, 7) is -1.33. The Bertz CT molecular complexity index is 897. The molecule has 0 saturated carbocycles. The Balaban J connectivity index is 1.97. The molecule has 0 aromatic heterocycles. The molecule has 27 heavy (non-hydrogen) atoms. The summed E-state index contributed by atoms with van der Waals surface area (Å²) in [5, 5.41) is 2.61. The van der Waals surface area contributed by atoms with Crippen LogP contribution < -0.4 is 14.8 Å². The van der Waals surface area contributed by atoms with Gasteiger partial charge in [0, 0.05) is 12.1 Å². The molecular formula is C17H17F3N2O4S. The van der Waals surface area contributed by atoms with E-state index in [4.69, 9.17) is 0 Å². The van der Waals surface area contributed by atoms with Crippen molar-refractivity contribution in [3.63, 3.8) is 0 Å². The molecule has 2 aromatic carbocycles. The Kier molecular flexibility index (Phi) is 6.45. The summed E-state index contributed by atoms with van der Waals surface area (Å²) < 4.78 is 66.7. The molecule has 0 unspecified atom stereocenters. The van der Waals surface area contributed by atoms with E-state index in [0.717, 1.165) is 0 Å². The Morgan fingerprint density at radius 2 is 1.78 bits per heavy atom. The zero-order chi connectivity index (χ0) is 20.1. The van der Waals surface area contributed by atoms with Crippen molar-refractivity contribution in [3.8, 4) is 5.75 Å². The number of nitrogens with one attached hydrogen (secondary N) is 2. The van der Waals surface area contributed by atoms with Crippen LogP contribution in [0.15, 0.2) is 53.4 Å². The van der Waals surface area contributed by atoms with Gasteiger partial charge in [-0.15, -0.1) is 0 Å². The minimum absolute atomic E-state index is 0.0241. The fourth-order valence-corrected chi connectivity index (χ4v) is 2.83. The van der Waals surface area contributed by atoms with Gasteiger partial charge in [0.1, 0.15) is 5.75 Å². The van der Waals surface area contributed by atoms with Gasteiger partial charge in [-0.25, -0.2) is 13.1 Å². The van der Waals surface area contributed by atoms with Crippen LogP contribution in [0, 0.1) is 0 Å². The number of hydrogen-bond donors (Lipinski definition) is 2. The number of carbonyl (C=O) groups is 1. The fourth-order valence-electron chi connectivity index (χ4n) is 2.10. The molecule has 10 heteroatoms. The molecular weight excluding hydrogens is 385 g/mol. The highest BCUT2D eigenvalue weighted by Gasteiger charge is 2.28. The summed E-state index contributed by atoms with van der Waals surface area (Å²) in [5.74, 6) is -0.411. The van der Waals surface area contributed by atoms with Gasteiger partial charge in [0.15, 0.2) is 6.61 Å². The van der Waals surface area contributed by atoms with E-state index in [2.05, 4.69) is 14.8 Å². The first-order valence-electron chi connectivity index (χ1n) is 7.71. The second-order valence-corrected chi connectivity index (χ2v) is 7.35. The van der Waals surface area contributed by atoms with Gasteiger partial charge in [-0.2, -0.15) is 13.2 Å². The minimum atomic E-state index is -4.43. The van der Waals surface area contributed by atoms with Crippen LogP contribution in [-0.2, 0) is 16.6 Å². The van der Waals surface area contributed by atoms with Crippen LogP contribution in [0.2, 0.25) is 0 Å². The number of sulfonamides is 1. The van der Waals surface area contributed by atoms with Crippen LogP contribution in [0.3, 0.4) is 0 Å². The molecule has 6 nitrogen and oxygen atoms in total. The van der Waals surface area contributed by atoms with E-state index in [1.807, 2.05) is 0 Å². The van der Waals surface area contributed by atoms with Gasteiger partial charge in [0.05, 0.1) is 4.90 Å². The number of amides is 1. The lowest BCUT2D eigenvalue weighted by Crippen LogP contribution is -2.23. The smallest absolute Gasteiger partial charge is 0.422 e. The predicted molar refractivity (Wildman–Crippen MR) is 91.8 cm³/mol. The highest BCUT2D eigenvalue weighted by molar-refractivity contribution is 7.89. The monoisotopic (exact) mass is 402 g/mol. The van der Waals surface area contributed by atoms with E-state index in [9.17, 15) is 26.4 Å². The van der Waals surface area contributed by atoms with Crippen molar-refractivity contribution in [2.45, 2.75) is 17.6 Å². The zero-order valence-corrected chi connectivity index (χ0v) is 15.0. The Morgan fingerprint density at radius 1 is 1.11 bits per heavy atom. The summed E-state index contributed by atoms with van der Waals surface area (Å²) in [5.41, 5.74) is 0.798. The third kappa shape index (κ3) is 6.26. The van der Waals surface area contributed by atoms with E-state index >= 15 is 0 Å². The lowest BCUT2D eigenvalue weighted by molar-refractivity contribution is -0.153. The maximum atomic E-state index is 12.2. The summed E-state index contributed by atoms with van der Waals surface area (Å²) in [6, 6.07) is 11.3. The molecule has 0 aliphatic heterocycles. The van der Waals surface area contributed by atoms with E-state index in [1.165, 1.54) is 49.5 Å². The van der Waals surface area contributed by atoms with Crippen molar-refractivity contribution < 1.29 is 31.1 Å². The first-order valence-corrected chi connectivity index (χ1v) is 9.19. The van der Waals surface area contributed by atoms with Crippen LogP contribution in [0.4, 0.5) is 13.2 Å². The van der Waals surface area contributed by atoms with Gasteiger partial charge in [-0.1, -0.05) is 12.1 Å². The molecule has 0 radical (unpaired) electrons. The fraction of sp³-hybridized carbons (Fsp3) is 0.235. The normalized spacial score (nSPS) is 11.9. The highest BCUT2D eigenvalue weighted by atomic mass is 32.2. The number of halogens is 3. The molecule has 2 rings (SSSR count). The van der Waals surface area contributed by atoms with E-state index < -0.39 is 28.7 Å². The van der Waals surface area contributed by atoms with Crippen LogP contribution in [0.5, 0.6) is 5.75 Å². The van der Waals surface area contributed by atoms with E-state index in [-0.39, 0.29) is 22.8 Å². The lowest BCUT2D eigenvalue weighted by Gasteiger charge is -2.11. The van der Waals surface area contributed by atoms with Crippen molar-refractivity contribution >= 4 is 15.9 Å². The molecule has 0 spiro atoms. The van der Waals surface area contributed by atoms with E-state index in [0.29, 0.717) is 5.56 Å². The SMILES string of the molecule is CNS(=O)(=O)c1ccc(C(=O)NCc2cccc(OCC(F)(F)F)c2)cc1. The molecule has 0 saturated heterocycles. The second kappa shape index (κ2) is 8.40. The van der Waals surface area contributed by atoms with Gasteiger partial charge in [-0.3, -0.25) is 4.79 Å². The average molecular weight is 402 g/mol. The van der Waals surface area contributed by atoms with Crippen molar-refractivity contribution in [1.29, 1.82) is 0 Å². The summed E-state index contributed by atoms with van der Waals surface area (Å²) >= 11 is 0. The maximum absolute atomic E-state index is 12.2.